The van der Waals surface area contributed by atoms with Crippen LogP contribution in [0.25, 0.3) is 10.8 Å². The van der Waals surface area contributed by atoms with E-state index in [2.05, 4.69) is 13.8 Å². The number of hydrogen-bond donors (Lipinski definition) is 1. The van der Waals surface area contributed by atoms with Gasteiger partial charge in [0.1, 0.15) is 5.75 Å². The van der Waals surface area contributed by atoms with Gasteiger partial charge in [-0.05, 0) is 25.0 Å². The van der Waals surface area contributed by atoms with E-state index in [1.165, 1.54) is 0 Å². The van der Waals surface area contributed by atoms with Crippen LogP contribution in [0, 0.1) is 5.41 Å². The molecule has 0 aromatic heterocycles. The lowest BCUT2D eigenvalue weighted by atomic mass is 9.88. The van der Waals surface area contributed by atoms with E-state index in [4.69, 9.17) is 34.3 Å². The van der Waals surface area contributed by atoms with Crippen LogP contribution in [0.4, 0.5) is 0 Å². The first-order valence-corrected chi connectivity index (χ1v) is 7.80. The van der Waals surface area contributed by atoms with Crippen LogP contribution in [0.3, 0.4) is 0 Å². The van der Waals surface area contributed by atoms with Gasteiger partial charge in [0.25, 0.3) is 0 Å². The average Bonchev–Trinajstić information content (AvgIpc) is 2.46. The van der Waals surface area contributed by atoms with Gasteiger partial charge in [-0.25, -0.2) is 0 Å². The Bertz CT molecular complexity index is 654. The van der Waals surface area contributed by atoms with Gasteiger partial charge in [0.05, 0.1) is 11.6 Å². The lowest BCUT2D eigenvalue weighted by molar-refractivity contribution is 0.291. The van der Waals surface area contributed by atoms with Gasteiger partial charge in [0.15, 0.2) is 0 Å². The van der Waals surface area contributed by atoms with Crippen LogP contribution in [0.2, 0.25) is 5.02 Å². The molecule has 0 aliphatic heterocycles. The Balaban J connectivity index is 2.02. The van der Waals surface area contributed by atoms with Crippen molar-refractivity contribution in [1.29, 1.82) is 0 Å². The Morgan fingerprint density at radius 2 is 1.86 bits per heavy atom. The first kappa shape index (κ1) is 16.1. The van der Waals surface area contributed by atoms with Crippen molar-refractivity contribution in [2.75, 3.05) is 6.61 Å². The second kappa shape index (κ2) is 6.63. The van der Waals surface area contributed by atoms with Crippen molar-refractivity contribution >= 4 is 39.6 Å². The molecule has 0 unspecified atom stereocenters. The maximum absolute atomic E-state index is 6.20. The molecule has 112 valence electrons. The summed E-state index contributed by atoms with van der Waals surface area (Å²) in [6.07, 6.45) is 1.81. The summed E-state index contributed by atoms with van der Waals surface area (Å²) in [6.45, 7) is 4.76. The van der Waals surface area contributed by atoms with Gasteiger partial charge in [0.2, 0.25) is 0 Å². The first-order chi connectivity index (χ1) is 9.92. The van der Waals surface area contributed by atoms with Crippen molar-refractivity contribution < 1.29 is 4.74 Å². The van der Waals surface area contributed by atoms with Crippen molar-refractivity contribution in [3.05, 3.63) is 41.4 Å². The molecule has 2 rings (SSSR count). The second-order valence-electron chi connectivity index (χ2n) is 5.79. The van der Waals surface area contributed by atoms with Crippen LogP contribution >= 0.6 is 23.8 Å². The zero-order valence-corrected chi connectivity index (χ0v) is 13.9. The number of nitrogens with two attached hydrogens (primary N) is 1. The highest BCUT2D eigenvalue weighted by Gasteiger charge is 2.20. The first-order valence-electron chi connectivity index (χ1n) is 7.02. The van der Waals surface area contributed by atoms with Gasteiger partial charge >= 0.3 is 0 Å². The summed E-state index contributed by atoms with van der Waals surface area (Å²) in [5, 5.41) is 2.80. The third-order valence-electron chi connectivity index (χ3n) is 3.70. The van der Waals surface area contributed by atoms with E-state index in [0.29, 0.717) is 11.6 Å². The van der Waals surface area contributed by atoms with Gasteiger partial charge in [-0.3, -0.25) is 0 Å². The predicted molar refractivity (Wildman–Crippen MR) is 94.3 cm³/mol. The number of hydrogen-bond acceptors (Lipinski definition) is 2. The third kappa shape index (κ3) is 3.86. The highest BCUT2D eigenvalue weighted by Crippen LogP contribution is 2.31. The molecule has 2 nitrogen and oxygen atoms in total. The summed E-state index contributed by atoms with van der Waals surface area (Å²) in [5.41, 5.74) is 5.61. The quantitative estimate of drug-likeness (QED) is 0.603. The van der Waals surface area contributed by atoms with Crippen LogP contribution in [-0.2, 0) is 0 Å². The van der Waals surface area contributed by atoms with Crippen molar-refractivity contribution in [1.82, 2.24) is 0 Å². The van der Waals surface area contributed by atoms with E-state index in [0.717, 1.165) is 34.4 Å². The Morgan fingerprint density at radius 3 is 2.52 bits per heavy atom. The molecule has 4 heteroatoms. The topological polar surface area (TPSA) is 35.2 Å². The van der Waals surface area contributed by atoms with Gasteiger partial charge in [-0.15, -0.1) is 0 Å². The lowest BCUT2D eigenvalue weighted by Gasteiger charge is -2.22. The maximum atomic E-state index is 6.20. The largest absolute Gasteiger partial charge is 0.493 e. The molecule has 0 fully saturated rings. The molecule has 0 aliphatic rings. The Hall–Kier alpha value is -1.32. The summed E-state index contributed by atoms with van der Waals surface area (Å²) >= 11 is 11.3. The average molecular weight is 322 g/mol. The molecule has 2 N–H and O–H groups in total. The number of thiocarbonyl (C=S) groups is 1. The molecule has 0 amide bonds. The number of benzene rings is 2. The van der Waals surface area contributed by atoms with Crippen LogP contribution < -0.4 is 10.5 Å². The molecule has 0 saturated carbocycles. The SMILES string of the molecule is CC(C)(CCCOc1ccc(Cl)c2ccccc12)C(N)=S. The summed E-state index contributed by atoms with van der Waals surface area (Å²) in [6, 6.07) is 11.8. The fourth-order valence-corrected chi connectivity index (χ4v) is 2.51. The molecule has 0 heterocycles. The van der Waals surface area contributed by atoms with Crippen molar-refractivity contribution in [3.8, 4) is 5.75 Å². The van der Waals surface area contributed by atoms with Crippen molar-refractivity contribution in [3.63, 3.8) is 0 Å². The Kier molecular flexibility index (Phi) is 5.07. The van der Waals surface area contributed by atoms with E-state index in [-0.39, 0.29) is 5.41 Å². The second-order valence-corrected chi connectivity index (χ2v) is 6.64. The fraction of sp³-hybridized carbons (Fsp3) is 0.353. The molecule has 0 saturated heterocycles. The number of rotatable bonds is 6. The molecule has 0 aliphatic carbocycles. The Labute approximate surface area is 136 Å². The van der Waals surface area contributed by atoms with Crippen LogP contribution in [0.5, 0.6) is 5.75 Å². The highest BCUT2D eigenvalue weighted by atomic mass is 35.5. The molecule has 2 aromatic carbocycles. The summed E-state index contributed by atoms with van der Waals surface area (Å²) in [7, 11) is 0. The minimum Gasteiger partial charge on any atom is -0.493 e. The molecule has 0 radical (unpaired) electrons. The number of fused-ring (bicyclic) bond motifs is 1. The van der Waals surface area contributed by atoms with Gasteiger partial charge in [0, 0.05) is 21.2 Å². The molecule has 21 heavy (non-hydrogen) atoms. The van der Waals surface area contributed by atoms with E-state index in [9.17, 15) is 0 Å². The maximum Gasteiger partial charge on any atom is 0.127 e. The predicted octanol–water partition coefficient (Wildman–Crippen LogP) is 4.96. The minimum absolute atomic E-state index is 0.124. The number of ether oxygens (including phenoxy) is 1. The molecule has 0 atom stereocenters. The third-order valence-corrected chi connectivity index (χ3v) is 4.58. The normalized spacial score (nSPS) is 11.6. The van der Waals surface area contributed by atoms with Gasteiger partial charge < -0.3 is 10.5 Å². The zero-order valence-electron chi connectivity index (χ0n) is 12.4. The Morgan fingerprint density at radius 1 is 1.19 bits per heavy atom. The molecular formula is C17H20ClNOS. The summed E-state index contributed by atoms with van der Waals surface area (Å²) in [4.78, 5) is 0.555. The molecular weight excluding hydrogens is 302 g/mol. The van der Waals surface area contributed by atoms with Crippen LogP contribution in [-0.4, -0.2) is 11.6 Å². The standard InChI is InChI=1S/C17H20ClNOS/c1-17(2,16(19)21)10-5-11-20-15-9-8-14(18)12-6-3-4-7-13(12)15/h3-4,6-9H,5,10-11H2,1-2H3,(H2,19,21). The van der Waals surface area contributed by atoms with E-state index < -0.39 is 0 Å². The smallest absolute Gasteiger partial charge is 0.127 e. The lowest BCUT2D eigenvalue weighted by Crippen LogP contribution is -2.30. The summed E-state index contributed by atoms with van der Waals surface area (Å²) < 4.78 is 5.91. The molecule has 0 spiro atoms. The fourth-order valence-electron chi connectivity index (χ4n) is 2.18. The van der Waals surface area contributed by atoms with Crippen LogP contribution in [0.15, 0.2) is 36.4 Å². The van der Waals surface area contributed by atoms with Crippen molar-refractivity contribution in [2.45, 2.75) is 26.7 Å². The molecule has 0 bridgehead atoms. The minimum atomic E-state index is -0.124. The molecule has 2 aromatic rings. The van der Waals surface area contributed by atoms with Crippen molar-refractivity contribution in [2.24, 2.45) is 11.1 Å². The monoisotopic (exact) mass is 321 g/mol. The van der Waals surface area contributed by atoms with E-state index in [1.54, 1.807) is 0 Å². The van der Waals surface area contributed by atoms with E-state index in [1.807, 2.05) is 36.4 Å². The van der Waals surface area contributed by atoms with Crippen LogP contribution in [0.1, 0.15) is 26.7 Å². The number of halogens is 1. The van der Waals surface area contributed by atoms with Gasteiger partial charge in [-0.2, -0.15) is 0 Å². The highest BCUT2D eigenvalue weighted by molar-refractivity contribution is 7.80. The van der Waals surface area contributed by atoms with Gasteiger partial charge in [-0.1, -0.05) is 61.9 Å². The zero-order chi connectivity index (χ0) is 15.5. The van der Waals surface area contributed by atoms with E-state index >= 15 is 0 Å². The summed E-state index contributed by atoms with van der Waals surface area (Å²) in [5.74, 6) is 0.864.